The van der Waals surface area contributed by atoms with Crippen molar-refractivity contribution in [3.63, 3.8) is 0 Å². The van der Waals surface area contributed by atoms with Gasteiger partial charge in [-0.1, -0.05) is 41.4 Å². The molecule has 1 aliphatic heterocycles. The molecule has 0 aromatic heterocycles. The van der Waals surface area contributed by atoms with E-state index in [0.29, 0.717) is 42.0 Å². The standard InChI is InChI=1S/C19H19Cl2N3O3/c20-16-7-6-15(12-17(16)21)27-13-18(25)23-8-10-24(11-9-23)19(26)22-14-4-2-1-3-5-14/h1-7,12H,8-11,13H2,(H,22,26). The van der Waals surface area contributed by atoms with Crippen LogP contribution in [-0.4, -0.2) is 54.5 Å². The van der Waals surface area contributed by atoms with Gasteiger partial charge in [0.1, 0.15) is 5.75 Å². The van der Waals surface area contributed by atoms with Crippen LogP contribution in [0.1, 0.15) is 0 Å². The number of hydrogen-bond donors (Lipinski definition) is 1. The molecule has 1 N–H and O–H groups in total. The molecule has 0 bridgehead atoms. The number of carbonyl (C=O) groups is 2. The number of para-hydroxylation sites is 1. The number of nitrogens with one attached hydrogen (secondary N) is 1. The Morgan fingerprint density at radius 3 is 2.26 bits per heavy atom. The summed E-state index contributed by atoms with van der Waals surface area (Å²) in [4.78, 5) is 28.0. The monoisotopic (exact) mass is 407 g/mol. The van der Waals surface area contributed by atoms with Crippen LogP contribution in [0.3, 0.4) is 0 Å². The first kappa shape index (κ1) is 19.3. The third-order valence-corrected chi connectivity index (χ3v) is 4.94. The number of urea groups is 1. The Bertz CT molecular complexity index is 809. The molecule has 0 saturated carbocycles. The van der Waals surface area contributed by atoms with Gasteiger partial charge in [0, 0.05) is 37.9 Å². The molecule has 3 rings (SSSR count). The van der Waals surface area contributed by atoms with Gasteiger partial charge in [-0.25, -0.2) is 4.79 Å². The maximum atomic E-state index is 12.3. The fourth-order valence-corrected chi connectivity index (χ4v) is 2.97. The summed E-state index contributed by atoms with van der Waals surface area (Å²) < 4.78 is 5.48. The third kappa shape index (κ3) is 5.28. The zero-order chi connectivity index (χ0) is 19.2. The smallest absolute Gasteiger partial charge is 0.321 e. The Balaban J connectivity index is 1.44. The van der Waals surface area contributed by atoms with Crippen LogP contribution in [0, 0.1) is 0 Å². The fraction of sp³-hybridized carbons (Fsp3) is 0.263. The molecule has 1 aliphatic rings. The molecule has 1 heterocycles. The molecular weight excluding hydrogens is 389 g/mol. The van der Waals surface area contributed by atoms with Gasteiger partial charge in [-0.15, -0.1) is 0 Å². The lowest BCUT2D eigenvalue weighted by molar-refractivity contribution is -0.134. The summed E-state index contributed by atoms with van der Waals surface area (Å²) in [6, 6.07) is 14.0. The number of anilines is 1. The van der Waals surface area contributed by atoms with Crippen LogP contribution in [0.15, 0.2) is 48.5 Å². The fourth-order valence-electron chi connectivity index (χ4n) is 2.69. The van der Waals surface area contributed by atoms with E-state index in [2.05, 4.69) is 5.32 Å². The maximum absolute atomic E-state index is 12.3. The average Bonchev–Trinajstić information content (AvgIpc) is 2.69. The normalized spacial score (nSPS) is 14.0. The van der Waals surface area contributed by atoms with Gasteiger partial charge >= 0.3 is 6.03 Å². The quantitative estimate of drug-likeness (QED) is 0.839. The zero-order valence-corrected chi connectivity index (χ0v) is 16.0. The number of halogens is 2. The summed E-state index contributed by atoms with van der Waals surface area (Å²) >= 11 is 11.8. The van der Waals surface area contributed by atoms with E-state index in [9.17, 15) is 9.59 Å². The topological polar surface area (TPSA) is 61.9 Å². The Labute approximate surface area is 167 Å². The van der Waals surface area contributed by atoms with Crippen molar-refractivity contribution in [2.24, 2.45) is 0 Å². The molecule has 142 valence electrons. The highest BCUT2D eigenvalue weighted by Crippen LogP contribution is 2.26. The zero-order valence-electron chi connectivity index (χ0n) is 14.5. The van der Waals surface area contributed by atoms with E-state index in [0.717, 1.165) is 5.69 Å². The van der Waals surface area contributed by atoms with Crippen molar-refractivity contribution in [2.75, 3.05) is 38.1 Å². The van der Waals surface area contributed by atoms with Crippen LogP contribution in [-0.2, 0) is 4.79 Å². The van der Waals surface area contributed by atoms with Crippen molar-refractivity contribution in [3.8, 4) is 5.75 Å². The van der Waals surface area contributed by atoms with Crippen LogP contribution in [0.2, 0.25) is 10.0 Å². The van der Waals surface area contributed by atoms with Crippen LogP contribution in [0.5, 0.6) is 5.75 Å². The lowest BCUT2D eigenvalue weighted by atomic mass is 10.3. The summed E-state index contributed by atoms with van der Waals surface area (Å²) in [5.41, 5.74) is 0.746. The summed E-state index contributed by atoms with van der Waals surface area (Å²) in [6.45, 7) is 1.78. The minimum Gasteiger partial charge on any atom is -0.484 e. The molecule has 1 fully saturated rings. The molecule has 2 aromatic rings. The van der Waals surface area contributed by atoms with E-state index in [1.165, 1.54) is 0 Å². The predicted molar refractivity (Wildman–Crippen MR) is 106 cm³/mol. The highest BCUT2D eigenvalue weighted by atomic mass is 35.5. The molecule has 8 heteroatoms. The molecule has 27 heavy (non-hydrogen) atoms. The second kappa shape index (κ2) is 8.97. The molecule has 0 unspecified atom stereocenters. The molecule has 2 aromatic carbocycles. The lowest BCUT2D eigenvalue weighted by Crippen LogP contribution is -2.52. The van der Waals surface area contributed by atoms with Gasteiger partial charge in [-0.2, -0.15) is 0 Å². The van der Waals surface area contributed by atoms with E-state index in [1.54, 1.807) is 28.0 Å². The summed E-state index contributed by atoms with van der Waals surface area (Å²) in [5, 5.41) is 3.65. The second-order valence-corrected chi connectivity index (χ2v) is 6.84. The van der Waals surface area contributed by atoms with Gasteiger partial charge in [0.2, 0.25) is 0 Å². The highest BCUT2D eigenvalue weighted by molar-refractivity contribution is 6.42. The summed E-state index contributed by atoms with van der Waals surface area (Å²) in [5.74, 6) is 0.350. The van der Waals surface area contributed by atoms with E-state index >= 15 is 0 Å². The minimum atomic E-state index is -0.166. The maximum Gasteiger partial charge on any atom is 0.321 e. The van der Waals surface area contributed by atoms with Crippen molar-refractivity contribution >= 4 is 40.8 Å². The van der Waals surface area contributed by atoms with E-state index in [4.69, 9.17) is 27.9 Å². The van der Waals surface area contributed by atoms with Crippen LogP contribution < -0.4 is 10.1 Å². The Kier molecular flexibility index (Phi) is 6.42. The van der Waals surface area contributed by atoms with Gasteiger partial charge in [-0.05, 0) is 24.3 Å². The van der Waals surface area contributed by atoms with Crippen molar-refractivity contribution in [1.82, 2.24) is 9.80 Å². The van der Waals surface area contributed by atoms with Gasteiger partial charge in [0.25, 0.3) is 5.91 Å². The number of ether oxygens (including phenoxy) is 1. The summed E-state index contributed by atoms with van der Waals surface area (Å²) in [6.07, 6.45) is 0. The largest absolute Gasteiger partial charge is 0.484 e. The lowest BCUT2D eigenvalue weighted by Gasteiger charge is -2.34. The summed E-state index contributed by atoms with van der Waals surface area (Å²) in [7, 11) is 0. The average molecular weight is 408 g/mol. The van der Waals surface area contributed by atoms with Crippen molar-refractivity contribution in [1.29, 1.82) is 0 Å². The molecule has 0 aliphatic carbocycles. The molecule has 3 amide bonds. The van der Waals surface area contributed by atoms with E-state index in [1.807, 2.05) is 30.3 Å². The van der Waals surface area contributed by atoms with E-state index < -0.39 is 0 Å². The first-order chi connectivity index (χ1) is 13.0. The second-order valence-electron chi connectivity index (χ2n) is 6.03. The SMILES string of the molecule is O=C(COc1ccc(Cl)c(Cl)c1)N1CCN(C(=O)Nc2ccccc2)CC1. The number of nitrogens with zero attached hydrogens (tertiary/aromatic N) is 2. The van der Waals surface area contributed by atoms with Gasteiger partial charge in [0.05, 0.1) is 10.0 Å². The van der Waals surface area contributed by atoms with Gasteiger partial charge < -0.3 is 19.9 Å². The molecular formula is C19H19Cl2N3O3. The van der Waals surface area contributed by atoms with Crippen molar-refractivity contribution in [3.05, 3.63) is 58.6 Å². The van der Waals surface area contributed by atoms with Gasteiger partial charge in [-0.3, -0.25) is 4.79 Å². The van der Waals surface area contributed by atoms with Crippen LogP contribution >= 0.6 is 23.2 Å². The number of hydrogen-bond acceptors (Lipinski definition) is 3. The number of carbonyl (C=O) groups excluding carboxylic acids is 2. The van der Waals surface area contributed by atoms with Crippen LogP contribution in [0.4, 0.5) is 10.5 Å². The first-order valence-corrected chi connectivity index (χ1v) is 9.25. The first-order valence-electron chi connectivity index (χ1n) is 8.49. The number of amides is 3. The molecule has 6 nitrogen and oxygen atoms in total. The number of rotatable bonds is 4. The third-order valence-electron chi connectivity index (χ3n) is 4.20. The molecule has 0 spiro atoms. The Hall–Kier alpha value is -2.44. The predicted octanol–water partition coefficient (Wildman–Crippen LogP) is 3.75. The number of piperazine rings is 1. The molecule has 0 atom stereocenters. The molecule has 0 radical (unpaired) electrons. The van der Waals surface area contributed by atoms with Gasteiger partial charge in [0.15, 0.2) is 6.61 Å². The van der Waals surface area contributed by atoms with Crippen molar-refractivity contribution in [2.45, 2.75) is 0 Å². The van der Waals surface area contributed by atoms with Crippen LogP contribution in [0.25, 0.3) is 0 Å². The Morgan fingerprint density at radius 2 is 1.59 bits per heavy atom. The van der Waals surface area contributed by atoms with Crippen molar-refractivity contribution < 1.29 is 14.3 Å². The number of benzene rings is 2. The molecule has 1 saturated heterocycles. The highest BCUT2D eigenvalue weighted by Gasteiger charge is 2.24. The van der Waals surface area contributed by atoms with E-state index in [-0.39, 0.29) is 18.5 Å². The Morgan fingerprint density at radius 1 is 0.926 bits per heavy atom. The minimum absolute atomic E-state index is 0.0891.